The number of fused-ring (bicyclic) bond motifs is 1. The van der Waals surface area contributed by atoms with E-state index in [1.165, 1.54) is 11.3 Å². The van der Waals surface area contributed by atoms with E-state index in [-0.39, 0.29) is 6.61 Å². The SMILES string of the molecule is N#Cc1cc(CO)cc2cc(N)sc12. The molecule has 1 aromatic carbocycles. The molecule has 3 nitrogen and oxygen atoms in total. The predicted molar refractivity (Wildman–Crippen MR) is 56.9 cm³/mol. The van der Waals surface area contributed by atoms with Gasteiger partial charge in [-0.05, 0) is 29.1 Å². The molecule has 0 aliphatic heterocycles. The third-order valence-electron chi connectivity index (χ3n) is 2.00. The lowest BCUT2D eigenvalue weighted by atomic mass is 10.1. The summed E-state index contributed by atoms with van der Waals surface area (Å²) < 4.78 is 0.891. The summed E-state index contributed by atoms with van der Waals surface area (Å²) in [7, 11) is 0. The molecule has 0 spiro atoms. The highest BCUT2D eigenvalue weighted by Crippen LogP contribution is 2.31. The number of benzene rings is 1. The monoisotopic (exact) mass is 204 g/mol. The van der Waals surface area contributed by atoms with Crippen molar-refractivity contribution in [3.05, 3.63) is 29.3 Å². The highest BCUT2D eigenvalue weighted by Gasteiger charge is 2.06. The van der Waals surface area contributed by atoms with E-state index in [1.807, 2.05) is 12.1 Å². The molecule has 14 heavy (non-hydrogen) atoms. The molecule has 0 saturated carbocycles. The Morgan fingerprint density at radius 1 is 1.43 bits per heavy atom. The molecule has 2 aromatic rings. The second-order valence-electron chi connectivity index (χ2n) is 2.98. The van der Waals surface area contributed by atoms with Crippen LogP contribution in [-0.4, -0.2) is 5.11 Å². The molecule has 0 radical (unpaired) electrons. The molecular weight excluding hydrogens is 196 g/mol. The number of rotatable bonds is 1. The van der Waals surface area contributed by atoms with Crippen LogP contribution in [0.15, 0.2) is 18.2 Å². The minimum Gasteiger partial charge on any atom is -0.392 e. The number of nitrogens with two attached hydrogens (primary N) is 1. The zero-order chi connectivity index (χ0) is 10.1. The van der Waals surface area contributed by atoms with Crippen LogP contribution in [0.4, 0.5) is 5.00 Å². The Hall–Kier alpha value is -1.57. The Bertz CT molecular complexity index is 525. The van der Waals surface area contributed by atoms with Gasteiger partial charge in [-0.25, -0.2) is 0 Å². The first-order valence-corrected chi connectivity index (χ1v) is 4.89. The maximum Gasteiger partial charge on any atom is 0.101 e. The number of anilines is 1. The van der Waals surface area contributed by atoms with E-state index in [9.17, 15) is 0 Å². The van der Waals surface area contributed by atoms with Crippen LogP contribution in [0.25, 0.3) is 10.1 Å². The summed E-state index contributed by atoms with van der Waals surface area (Å²) in [5.41, 5.74) is 6.97. The van der Waals surface area contributed by atoms with Crippen LogP contribution in [0, 0.1) is 11.3 Å². The number of hydrogen-bond donors (Lipinski definition) is 2. The van der Waals surface area contributed by atoms with Crippen LogP contribution in [0.3, 0.4) is 0 Å². The summed E-state index contributed by atoms with van der Waals surface area (Å²) in [4.78, 5) is 0. The molecule has 1 aromatic heterocycles. The maximum absolute atomic E-state index is 8.99. The zero-order valence-corrected chi connectivity index (χ0v) is 8.14. The Balaban J connectivity index is 2.80. The van der Waals surface area contributed by atoms with Gasteiger partial charge >= 0.3 is 0 Å². The molecule has 2 rings (SSSR count). The second kappa shape index (κ2) is 3.29. The standard InChI is InChI=1S/C10H8N2OS/c11-4-8-2-6(5-13)1-7-3-9(12)14-10(7)8/h1-3,13H,5,12H2. The van der Waals surface area contributed by atoms with E-state index in [4.69, 9.17) is 16.1 Å². The number of nitriles is 1. The molecule has 4 heteroatoms. The molecule has 0 bridgehead atoms. The summed E-state index contributed by atoms with van der Waals surface area (Å²) in [5.74, 6) is 0. The number of hydrogen-bond acceptors (Lipinski definition) is 4. The van der Waals surface area contributed by atoms with Gasteiger partial charge in [-0.2, -0.15) is 5.26 Å². The lowest BCUT2D eigenvalue weighted by Gasteiger charge is -1.97. The molecule has 0 unspecified atom stereocenters. The largest absolute Gasteiger partial charge is 0.392 e. The van der Waals surface area contributed by atoms with Gasteiger partial charge in [0.1, 0.15) is 6.07 Å². The van der Waals surface area contributed by atoms with Crippen molar-refractivity contribution in [2.24, 2.45) is 0 Å². The third-order valence-corrected chi connectivity index (χ3v) is 3.01. The second-order valence-corrected chi connectivity index (χ2v) is 4.06. The van der Waals surface area contributed by atoms with Gasteiger partial charge in [0, 0.05) is 0 Å². The molecule has 0 amide bonds. The Morgan fingerprint density at radius 3 is 2.86 bits per heavy atom. The summed E-state index contributed by atoms with van der Waals surface area (Å²) in [6.07, 6.45) is 0. The molecule has 3 N–H and O–H groups in total. The summed E-state index contributed by atoms with van der Waals surface area (Å²) in [5, 5.41) is 19.5. The fraction of sp³-hybridized carbons (Fsp3) is 0.100. The van der Waals surface area contributed by atoms with Gasteiger partial charge in [0.05, 0.1) is 21.9 Å². The first-order valence-electron chi connectivity index (χ1n) is 4.07. The van der Waals surface area contributed by atoms with E-state index < -0.39 is 0 Å². The van der Waals surface area contributed by atoms with Crippen molar-refractivity contribution in [2.75, 3.05) is 5.73 Å². The lowest BCUT2D eigenvalue weighted by Crippen LogP contribution is -1.84. The Morgan fingerprint density at radius 2 is 2.21 bits per heavy atom. The van der Waals surface area contributed by atoms with Crippen molar-refractivity contribution in [1.82, 2.24) is 0 Å². The van der Waals surface area contributed by atoms with E-state index in [0.717, 1.165) is 15.6 Å². The van der Waals surface area contributed by atoms with Gasteiger partial charge in [-0.3, -0.25) is 0 Å². The molecule has 0 saturated heterocycles. The van der Waals surface area contributed by atoms with Crippen molar-refractivity contribution < 1.29 is 5.11 Å². The van der Waals surface area contributed by atoms with Crippen LogP contribution in [0.1, 0.15) is 11.1 Å². The number of nitrogens with zero attached hydrogens (tertiary/aromatic N) is 1. The minimum absolute atomic E-state index is 0.0552. The third kappa shape index (κ3) is 1.33. The van der Waals surface area contributed by atoms with Crippen molar-refractivity contribution in [3.8, 4) is 6.07 Å². The van der Waals surface area contributed by atoms with Crippen LogP contribution in [0.2, 0.25) is 0 Å². The molecule has 70 valence electrons. The van der Waals surface area contributed by atoms with Crippen molar-refractivity contribution in [3.63, 3.8) is 0 Å². The van der Waals surface area contributed by atoms with E-state index in [1.54, 1.807) is 6.07 Å². The fourth-order valence-electron chi connectivity index (χ4n) is 1.41. The summed E-state index contributed by atoms with van der Waals surface area (Å²) in [6.45, 7) is -0.0552. The molecular formula is C10H8N2OS. The van der Waals surface area contributed by atoms with Gasteiger partial charge in [0.15, 0.2) is 0 Å². The maximum atomic E-state index is 8.99. The fourth-order valence-corrected chi connectivity index (χ4v) is 2.28. The van der Waals surface area contributed by atoms with Crippen LogP contribution in [-0.2, 0) is 6.61 Å². The highest BCUT2D eigenvalue weighted by molar-refractivity contribution is 7.22. The van der Waals surface area contributed by atoms with Crippen molar-refractivity contribution >= 4 is 26.4 Å². The molecule has 0 aliphatic rings. The van der Waals surface area contributed by atoms with Crippen molar-refractivity contribution in [1.29, 1.82) is 5.26 Å². The van der Waals surface area contributed by atoms with E-state index in [0.29, 0.717) is 10.6 Å². The average Bonchev–Trinajstić information content (AvgIpc) is 2.56. The smallest absolute Gasteiger partial charge is 0.101 e. The quantitative estimate of drug-likeness (QED) is 0.744. The zero-order valence-electron chi connectivity index (χ0n) is 7.32. The number of nitrogen functional groups attached to an aromatic ring is 1. The number of aliphatic hydroxyl groups is 1. The molecule has 0 atom stereocenters. The number of thiophene rings is 1. The van der Waals surface area contributed by atoms with Gasteiger partial charge in [0.25, 0.3) is 0 Å². The molecule has 1 heterocycles. The van der Waals surface area contributed by atoms with Gasteiger partial charge in [-0.1, -0.05) is 0 Å². The van der Waals surface area contributed by atoms with E-state index in [2.05, 4.69) is 6.07 Å². The van der Waals surface area contributed by atoms with Crippen LogP contribution < -0.4 is 5.73 Å². The Kier molecular flexibility index (Phi) is 2.12. The summed E-state index contributed by atoms with van der Waals surface area (Å²) >= 11 is 1.40. The van der Waals surface area contributed by atoms with Crippen molar-refractivity contribution in [2.45, 2.75) is 6.61 Å². The number of aliphatic hydroxyl groups excluding tert-OH is 1. The minimum atomic E-state index is -0.0552. The molecule has 0 fully saturated rings. The normalized spacial score (nSPS) is 10.3. The highest BCUT2D eigenvalue weighted by atomic mass is 32.1. The predicted octanol–water partition coefficient (Wildman–Crippen LogP) is 1.85. The van der Waals surface area contributed by atoms with E-state index >= 15 is 0 Å². The first-order chi connectivity index (χ1) is 6.74. The van der Waals surface area contributed by atoms with Crippen LogP contribution in [0.5, 0.6) is 0 Å². The first kappa shape index (κ1) is 9.00. The summed E-state index contributed by atoms with van der Waals surface area (Å²) in [6, 6.07) is 7.46. The molecule has 0 aliphatic carbocycles. The van der Waals surface area contributed by atoms with Gasteiger partial charge in [0.2, 0.25) is 0 Å². The lowest BCUT2D eigenvalue weighted by molar-refractivity contribution is 0.282. The topological polar surface area (TPSA) is 70.0 Å². The Labute approximate surface area is 85.0 Å². The van der Waals surface area contributed by atoms with Gasteiger partial charge in [-0.15, -0.1) is 11.3 Å². The van der Waals surface area contributed by atoms with Gasteiger partial charge < -0.3 is 10.8 Å². The average molecular weight is 204 g/mol. The van der Waals surface area contributed by atoms with Crippen LogP contribution >= 0.6 is 11.3 Å².